The highest BCUT2D eigenvalue weighted by molar-refractivity contribution is 5.92. The van der Waals surface area contributed by atoms with Crippen molar-refractivity contribution in [3.8, 4) is 0 Å². The van der Waals surface area contributed by atoms with E-state index in [-0.39, 0.29) is 37.8 Å². The first-order valence-electron chi connectivity index (χ1n) is 8.73. The number of aliphatic hydroxyl groups is 2. The zero-order chi connectivity index (χ0) is 18.8. The van der Waals surface area contributed by atoms with Crippen molar-refractivity contribution < 1.29 is 29.6 Å². The number of amides is 1. The number of hydrogen-bond acceptors (Lipinski definition) is 6. The molecule has 0 bridgehead atoms. The Morgan fingerprint density at radius 2 is 2.15 bits per heavy atom. The molecule has 1 saturated heterocycles. The number of esters is 1. The van der Waals surface area contributed by atoms with Gasteiger partial charge in [0.1, 0.15) is 6.10 Å². The number of piperazine rings is 1. The van der Waals surface area contributed by atoms with E-state index in [0.717, 1.165) is 5.56 Å². The Morgan fingerprint density at radius 3 is 2.85 bits per heavy atom. The van der Waals surface area contributed by atoms with Crippen molar-refractivity contribution in [1.29, 1.82) is 0 Å². The van der Waals surface area contributed by atoms with E-state index in [9.17, 15) is 19.8 Å². The first kappa shape index (κ1) is 18.6. The molecule has 2 aliphatic rings. The number of cyclic esters (lactones) is 1. The minimum Gasteiger partial charge on any atom is -0.465 e. The third-order valence-corrected chi connectivity index (χ3v) is 5.04. The van der Waals surface area contributed by atoms with Gasteiger partial charge in [0.25, 0.3) is 0 Å². The highest BCUT2D eigenvalue weighted by atomic mass is 16.5. The Labute approximate surface area is 151 Å². The van der Waals surface area contributed by atoms with Crippen LogP contribution in [0, 0.1) is 0 Å². The van der Waals surface area contributed by atoms with Crippen LogP contribution in [0.4, 0.5) is 4.79 Å². The predicted molar refractivity (Wildman–Crippen MR) is 92.0 cm³/mol. The van der Waals surface area contributed by atoms with Crippen LogP contribution in [0.2, 0.25) is 0 Å². The Hall–Kier alpha value is -2.16. The lowest BCUT2D eigenvalue weighted by atomic mass is 9.95. The van der Waals surface area contributed by atoms with Gasteiger partial charge in [0, 0.05) is 32.6 Å². The van der Waals surface area contributed by atoms with Gasteiger partial charge < -0.3 is 25.0 Å². The number of nitrogens with zero attached hydrogens (tertiary/aromatic N) is 2. The van der Waals surface area contributed by atoms with E-state index in [1.807, 2.05) is 17.9 Å². The molecule has 3 rings (SSSR count). The molecule has 1 amide bonds. The van der Waals surface area contributed by atoms with Crippen molar-refractivity contribution in [2.24, 2.45) is 0 Å². The lowest BCUT2D eigenvalue weighted by Crippen LogP contribution is -2.56. The lowest BCUT2D eigenvalue weighted by molar-refractivity contribution is 0.0128. The second-order valence-corrected chi connectivity index (χ2v) is 6.91. The van der Waals surface area contributed by atoms with Crippen LogP contribution in [0.25, 0.3) is 0 Å². The van der Waals surface area contributed by atoms with Gasteiger partial charge in [-0.3, -0.25) is 4.90 Å². The molecular weight excluding hydrogens is 340 g/mol. The monoisotopic (exact) mass is 364 g/mol. The van der Waals surface area contributed by atoms with Gasteiger partial charge in [-0.2, -0.15) is 0 Å². The molecule has 3 N–H and O–H groups in total. The second kappa shape index (κ2) is 7.61. The van der Waals surface area contributed by atoms with Gasteiger partial charge in [-0.05, 0) is 24.1 Å². The summed E-state index contributed by atoms with van der Waals surface area (Å²) in [5, 5.41) is 29.3. The van der Waals surface area contributed by atoms with Crippen LogP contribution in [0.1, 0.15) is 34.5 Å². The van der Waals surface area contributed by atoms with Crippen LogP contribution >= 0.6 is 0 Å². The first-order valence-corrected chi connectivity index (χ1v) is 8.73. The topological polar surface area (TPSA) is 111 Å². The standard InChI is InChI=1S/C18H24N2O6/c1-11-6-13-7-12(2-3-15(13)17(23)26-11)16(22)9-19-4-5-20(18(24)25)8-14(19)10-21/h2-3,7,11,14,16,21-22H,4-6,8-10H2,1H3,(H,24,25)/t11-,14?,16?/m1/s1. The Bertz CT molecular complexity index is 694. The molecule has 2 aliphatic heterocycles. The number of carboxylic acid groups (broad SMARTS) is 1. The molecule has 8 nitrogen and oxygen atoms in total. The summed E-state index contributed by atoms with van der Waals surface area (Å²) in [4.78, 5) is 26.2. The van der Waals surface area contributed by atoms with Gasteiger partial charge in [-0.1, -0.05) is 12.1 Å². The number of benzene rings is 1. The van der Waals surface area contributed by atoms with Gasteiger partial charge in [-0.15, -0.1) is 0 Å². The molecule has 2 unspecified atom stereocenters. The molecule has 1 aromatic carbocycles. The third-order valence-electron chi connectivity index (χ3n) is 5.04. The zero-order valence-corrected chi connectivity index (χ0v) is 14.7. The van der Waals surface area contributed by atoms with E-state index in [1.165, 1.54) is 4.90 Å². The Kier molecular flexibility index (Phi) is 5.45. The number of β-amino-alcohol motifs (C(OH)–C–C–N with tert-alkyl or cyclic N) is 1. The van der Waals surface area contributed by atoms with Crippen molar-refractivity contribution in [3.63, 3.8) is 0 Å². The summed E-state index contributed by atoms with van der Waals surface area (Å²) < 4.78 is 5.20. The summed E-state index contributed by atoms with van der Waals surface area (Å²) in [6.45, 7) is 2.94. The molecule has 0 radical (unpaired) electrons. The number of hydrogen-bond donors (Lipinski definition) is 3. The van der Waals surface area contributed by atoms with Crippen molar-refractivity contribution in [1.82, 2.24) is 9.80 Å². The quantitative estimate of drug-likeness (QED) is 0.667. The molecule has 142 valence electrons. The summed E-state index contributed by atoms with van der Waals surface area (Å²) in [7, 11) is 0. The molecule has 8 heteroatoms. The summed E-state index contributed by atoms with van der Waals surface area (Å²) in [6, 6.07) is 4.87. The van der Waals surface area contributed by atoms with Crippen molar-refractivity contribution in [2.75, 3.05) is 32.8 Å². The fourth-order valence-electron chi connectivity index (χ4n) is 3.59. The van der Waals surface area contributed by atoms with Crippen LogP contribution in [0.5, 0.6) is 0 Å². The summed E-state index contributed by atoms with van der Waals surface area (Å²) in [5.74, 6) is -0.343. The van der Waals surface area contributed by atoms with Crippen LogP contribution < -0.4 is 0 Å². The van der Waals surface area contributed by atoms with E-state index >= 15 is 0 Å². The number of aliphatic hydroxyl groups excluding tert-OH is 2. The van der Waals surface area contributed by atoms with Gasteiger partial charge in [0.05, 0.1) is 24.3 Å². The zero-order valence-electron chi connectivity index (χ0n) is 14.7. The average molecular weight is 364 g/mol. The van der Waals surface area contributed by atoms with E-state index in [1.54, 1.807) is 12.1 Å². The Morgan fingerprint density at radius 1 is 1.38 bits per heavy atom. The SMILES string of the molecule is C[C@@H]1Cc2cc(C(O)CN3CCN(C(=O)O)CC3CO)ccc2C(=O)O1. The van der Waals surface area contributed by atoms with Crippen LogP contribution in [0.3, 0.4) is 0 Å². The molecule has 0 aliphatic carbocycles. The minimum atomic E-state index is -1.00. The second-order valence-electron chi connectivity index (χ2n) is 6.91. The van der Waals surface area contributed by atoms with E-state index < -0.39 is 12.2 Å². The minimum absolute atomic E-state index is 0.177. The molecule has 0 aromatic heterocycles. The largest absolute Gasteiger partial charge is 0.465 e. The third kappa shape index (κ3) is 3.82. The average Bonchev–Trinajstić information content (AvgIpc) is 2.61. The maximum absolute atomic E-state index is 11.9. The molecule has 0 saturated carbocycles. The molecule has 3 atom stereocenters. The number of carbonyl (C=O) groups is 2. The molecule has 0 spiro atoms. The number of ether oxygens (including phenoxy) is 1. The maximum atomic E-state index is 11.9. The molecule has 26 heavy (non-hydrogen) atoms. The molecular formula is C18H24N2O6. The molecule has 1 aromatic rings. The van der Waals surface area contributed by atoms with Crippen LogP contribution in [-0.4, -0.2) is 82.1 Å². The van der Waals surface area contributed by atoms with Crippen LogP contribution in [0.15, 0.2) is 18.2 Å². The Balaban J connectivity index is 1.70. The van der Waals surface area contributed by atoms with E-state index in [2.05, 4.69) is 0 Å². The maximum Gasteiger partial charge on any atom is 0.407 e. The highest BCUT2D eigenvalue weighted by Gasteiger charge is 2.31. The summed E-state index contributed by atoms with van der Waals surface area (Å²) in [6.07, 6.45) is -1.37. The molecule has 2 heterocycles. The summed E-state index contributed by atoms with van der Waals surface area (Å²) in [5.41, 5.74) is 2.09. The van der Waals surface area contributed by atoms with E-state index in [4.69, 9.17) is 9.84 Å². The van der Waals surface area contributed by atoms with Crippen molar-refractivity contribution >= 4 is 12.1 Å². The van der Waals surface area contributed by atoms with Gasteiger partial charge in [0.2, 0.25) is 0 Å². The highest BCUT2D eigenvalue weighted by Crippen LogP contribution is 2.25. The van der Waals surface area contributed by atoms with E-state index in [0.29, 0.717) is 30.6 Å². The predicted octanol–water partition coefficient (Wildman–Crippen LogP) is 0.478. The summed E-state index contributed by atoms with van der Waals surface area (Å²) >= 11 is 0. The number of fused-ring (bicyclic) bond motifs is 1. The smallest absolute Gasteiger partial charge is 0.407 e. The van der Waals surface area contributed by atoms with Gasteiger partial charge in [-0.25, -0.2) is 9.59 Å². The fraction of sp³-hybridized carbons (Fsp3) is 0.556. The number of rotatable bonds is 4. The molecule has 1 fully saturated rings. The van der Waals surface area contributed by atoms with Crippen molar-refractivity contribution in [2.45, 2.75) is 31.6 Å². The lowest BCUT2D eigenvalue weighted by Gasteiger charge is -2.40. The normalized spacial score (nSPS) is 24.7. The first-order chi connectivity index (χ1) is 12.4. The van der Waals surface area contributed by atoms with Crippen molar-refractivity contribution in [3.05, 3.63) is 34.9 Å². The van der Waals surface area contributed by atoms with Gasteiger partial charge >= 0.3 is 12.1 Å². The fourth-order valence-corrected chi connectivity index (χ4v) is 3.59. The van der Waals surface area contributed by atoms with Gasteiger partial charge in [0.15, 0.2) is 0 Å². The van der Waals surface area contributed by atoms with Crippen LogP contribution in [-0.2, 0) is 11.2 Å². The number of carbonyl (C=O) groups excluding carboxylic acids is 1.